The minimum atomic E-state index is -0.808. The quantitative estimate of drug-likeness (QED) is 0.721. The van der Waals surface area contributed by atoms with Gasteiger partial charge in [-0.25, -0.2) is 0 Å². The van der Waals surface area contributed by atoms with E-state index in [-0.39, 0.29) is 6.04 Å². The molecule has 1 aliphatic heterocycles. The third-order valence-electron chi connectivity index (χ3n) is 3.28. The normalized spacial score (nSPS) is 23.4. The van der Waals surface area contributed by atoms with Crippen LogP contribution in [0.2, 0.25) is 0 Å². The first-order valence-electron chi connectivity index (χ1n) is 6.13. The van der Waals surface area contributed by atoms with Crippen molar-refractivity contribution in [2.24, 2.45) is 0 Å². The first-order valence-corrected chi connectivity index (χ1v) is 6.13. The Balaban J connectivity index is 1.69. The van der Waals surface area contributed by atoms with Gasteiger partial charge in [0.05, 0.1) is 11.7 Å². The first kappa shape index (κ1) is 11.8. The Bertz CT molecular complexity index is 556. The van der Waals surface area contributed by atoms with Crippen LogP contribution < -0.4 is 5.32 Å². The van der Waals surface area contributed by atoms with E-state index in [1.807, 2.05) is 12.1 Å². The highest BCUT2D eigenvalue weighted by molar-refractivity contribution is 5.73. The second-order valence-electron chi connectivity index (χ2n) is 4.55. The van der Waals surface area contributed by atoms with Gasteiger partial charge in [-0.1, -0.05) is 0 Å². The van der Waals surface area contributed by atoms with E-state index in [1.165, 1.54) is 0 Å². The van der Waals surface area contributed by atoms with E-state index >= 15 is 0 Å². The van der Waals surface area contributed by atoms with Crippen molar-refractivity contribution in [3.8, 4) is 11.5 Å². The standard InChI is InChI=1S/C11H14N6O2/c18-11(19)9-4-3-7(6-13-9)17-15-10(14-16-17)8-2-1-5-12-8/h1-2,5,7,9,12-13H,3-4,6H2,(H,18,19). The molecular weight excluding hydrogens is 248 g/mol. The number of rotatable bonds is 3. The molecule has 8 nitrogen and oxygen atoms in total. The van der Waals surface area contributed by atoms with E-state index in [4.69, 9.17) is 5.11 Å². The second-order valence-corrected chi connectivity index (χ2v) is 4.55. The number of hydrogen-bond acceptors (Lipinski definition) is 5. The van der Waals surface area contributed by atoms with Crippen LogP contribution in [0.5, 0.6) is 0 Å². The van der Waals surface area contributed by atoms with Crippen molar-refractivity contribution in [2.45, 2.75) is 24.9 Å². The number of nitrogens with zero attached hydrogens (tertiary/aromatic N) is 4. The number of carboxylic acid groups (broad SMARTS) is 1. The van der Waals surface area contributed by atoms with Gasteiger partial charge in [-0.2, -0.15) is 4.80 Å². The molecule has 2 aromatic rings. The Morgan fingerprint density at radius 3 is 3.00 bits per heavy atom. The summed E-state index contributed by atoms with van der Waals surface area (Å²) in [4.78, 5) is 15.4. The maximum absolute atomic E-state index is 10.8. The number of piperidine rings is 1. The van der Waals surface area contributed by atoms with Gasteiger partial charge in [0.2, 0.25) is 5.82 Å². The predicted molar refractivity (Wildman–Crippen MR) is 65.3 cm³/mol. The molecule has 3 heterocycles. The number of carboxylic acids is 1. The lowest BCUT2D eigenvalue weighted by Crippen LogP contribution is -2.44. The van der Waals surface area contributed by atoms with Crippen molar-refractivity contribution in [1.82, 2.24) is 30.5 Å². The molecule has 1 fully saturated rings. The number of aromatic nitrogens is 5. The molecule has 0 spiro atoms. The molecule has 1 aliphatic rings. The van der Waals surface area contributed by atoms with Crippen molar-refractivity contribution < 1.29 is 9.90 Å². The molecule has 0 aliphatic carbocycles. The van der Waals surface area contributed by atoms with Gasteiger partial charge < -0.3 is 15.4 Å². The molecule has 0 saturated carbocycles. The Kier molecular flexibility index (Phi) is 3.00. The number of nitrogens with one attached hydrogen (secondary N) is 2. The summed E-state index contributed by atoms with van der Waals surface area (Å²) >= 11 is 0. The van der Waals surface area contributed by atoms with Crippen LogP contribution in [0.4, 0.5) is 0 Å². The van der Waals surface area contributed by atoms with Gasteiger partial charge in [-0.05, 0) is 30.2 Å². The van der Waals surface area contributed by atoms with Crippen LogP contribution in [0.25, 0.3) is 11.5 Å². The van der Waals surface area contributed by atoms with Gasteiger partial charge in [0.1, 0.15) is 6.04 Å². The van der Waals surface area contributed by atoms with E-state index in [2.05, 4.69) is 25.7 Å². The van der Waals surface area contributed by atoms with Gasteiger partial charge in [0.25, 0.3) is 0 Å². The highest BCUT2D eigenvalue weighted by Gasteiger charge is 2.27. The lowest BCUT2D eigenvalue weighted by atomic mass is 10.0. The van der Waals surface area contributed by atoms with Crippen LogP contribution in [0.3, 0.4) is 0 Å². The van der Waals surface area contributed by atoms with Gasteiger partial charge >= 0.3 is 5.97 Å². The molecule has 2 unspecified atom stereocenters. The lowest BCUT2D eigenvalue weighted by Gasteiger charge is -2.26. The van der Waals surface area contributed by atoms with Gasteiger partial charge in [-0.15, -0.1) is 10.2 Å². The van der Waals surface area contributed by atoms with Crippen LogP contribution in [0, 0.1) is 0 Å². The maximum atomic E-state index is 10.8. The molecule has 8 heteroatoms. The SMILES string of the molecule is O=C(O)C1CCC(n2nnc(-c3ccc[nH]3)n2)CN1. The Hall–Kier alpha value is -2.22. The molecule has 0 amide bonds. The Morgan fingerprint density at radius 1 is 1.47 bits per heavy atom. The molecule has 100 valence electrons. The number of tetrazole rings is 1. The van der Waals surface area contributed by atoms with Crippen LogP contribution in [0.1, 0.15) is 18.9 Å². The monoisotopic (exact) mass is 262 g/mol. The minimum absolute atomic E-state index is 0.0480. The molecule has 0 aromatic carbocycles. The third kappa shape index (κ3) is 2.34. The van der Waals surface area contributed by atoms with E-state index < -0.39 is 12.0 Å². The average molecular weight is 262 g/mol. The number of H-pyrrole nitrogens is 1. The smallest absolute Gasteiger partial charge is 0.320 e. The van der Waals surface area contributed by atoms with E-state index in [0.717, 1.165) is 12.1 Å². The minimum Gasteiger partial charge on any atom is -0.480 e. The summed E-state index contributed by atoms with van der Waals surface area (Å²) < 4.78 is 0. The number of hydrogen-bond donors (Lipinski definition) is 3. The summed E-state index contributed by atoms with van der Waals surface area (Å²) in [6, 6.07) is 3.32. The van der Waals surface area contributed by atoms with Gasteiger partial charge in [0.15, 0.2) is 0 Å². The maximum Gasteiger partial charge on any atom is 0.320 e. The highest BCUT2D eigenvalue weighted by Crippen LogP contribution is 2.19. The van der Waals surface area contributed by atoms with Crippen molar-refractivity contribution in [2.75, 3.05) is 6.54 Å². The first-order chi connectivity index (χ1) is 9.24. The van der Waals surface area contributed by atoms with Crippen molar-refractivity contribution >= 4 is 5.97 Å². The van der Waals surface area contributed by atoms with E-state index in [9.17, 15) is 4.79 Å². The summed E-state index contributed by atoms with van der Waals surface area (Å²) in [7, 11) is 0. The van der Waals surface area contributed by atoms with Gasteiger partial charge in [0, 0.05) is 12.7 Å². The molecule has 2 aromatic heterocycles. The summed E-state index contributed by atoms with van der Waals surface area (Å²) in [6.45, 7) is 0.539. The molecule has 3 rings (SSSR count). The molecule has 0 bridgehead atoms. The van der Waals surface area contributed by atoms with Crippen LogP contribution >= 0.6 is 0 Å². The summed E-state index contributed by atoms with van der Waals surface area (Å²) in [5.41, 5.74) is 0.818. The highest BCUT2D eigenvalue weighted by atomic mass is 16.4. The molecular formula is C11H14N6O2. The molecule has 2 atom stereocenters. The summed E-state index contributed by atoms with van der Waals surface area (Å²) in [5, 5.41) is 24.2. The largest absolute Gasteiger partial charge is 0.480 e. The number of aromatic amines is 1. The topological polar surface area (TPSA) is 109 Å². The lowest BCUT2D eigenvalue weighted by molar-refractivity contribution is -0.140. The Labute approximate surface area is 108 Å². The zero-order valence-corrected chi connectivity index (χ0v) is 10.2. The van der Waals surface area contributed by atoms with E-state index in [1.54, 1.807) is 11.0 Å². The fourth-order valence-electron chi connectivity index (χ4n) is 2.21. The van der Waals surface area contributed by atoms with E-state index in [0.29, 0.717) is 18.8 Å². The van der Waals surface area contributed by atoms with Crippen LogP contribution in [0.15, 0.2) is 18.3 Å². The zero-order valence-electron chi connectivity index (χ0n) is 10.2. The molecule has 19 heavy (non-hydrogen) atoms. The zero-order chi connectivity index (χ0) is 13.2. The number of aliphatic carboxylic acids is 1. The average Bonchev–Trinajstić information content (AvgIpc) is 3.10. The fourth-order valence-corrected chi connectivity index (χ4v) is 2.21. The van der Waals surface area contributed by atoms with Crippen LogP contribution in [-0.2, 0) is 4.79 Å². The number of carbonyl (C=O) groups is 1. The molecule has 0 radical (unpaired) electrons. The van der Waals surface area contributed by atoms with Crippen molar-refractivity contribution in [3.63, 3.8) is 0 Å². The molecule has 1 saturated heterocycles. The third-order valence-corrected chi connectivity index (χ3v) is 3.28. The van der Waals surface area contributed by atoms with Gasteiger partial charge in [-0.3, -0.25) is 4.79 Å². The van der Waals surface area contributed by atoms with Crippen LogP contribution in [-0.4, -0.2) is 48.9 Å². The predicted octanol–water partition coefficient (Wildman–Crippen LogP) is 0.0459. The van der Waals surface area contributed by atoms with Crippen molar-refractivity contribution in [3.05, 3.63) is 18.3 Å². The molecule has 3 N–H and O–H groups in total. The Morgan fingerprint density at radius 2 is 2.37 bits per heavy atom. The summed E-state index contributed by atoms with van der Waals surface area (Å²) in [6.07, 6.45) is 3.10. The fraction of sp³-hybridized carbons (Fsp3) is 0.455. The van der Waals surface area contributed by atoms with Crippen molar-refractivity contribution in [1.29, 1.82) is 0 Å². The second kappa shape index (κ2) is 4.81. The summed E-state index contributed by atoms with van der Waals surface area (Å²) in [5.74, 6) is -0.262.